The average Bonchev–Trinajstić information content (AvgIpc) is 3.06. The van der Waals surface area contributed by atoms with Crippen molar-refractivity contribution in [2.45, 2.75) is 55.2 Å². The second-order valence-electron chi connectivity index (χ2n) is 7.68. The first-order chi connectivity index (χ1) is 16.7. The molecule has 3 heterocycles. The second-order valence-corrected chi connectivity index (χ2v) is 10.7. The summed E-state index contributed by atoms with van der Waals surface area (Å²) in [4.78, 5) is 44.5. The number of phosphoric acid groups is 2. The van der Waals surface area contributed by atoms with Crippen molar-refractivity contribution < 1.29 is 72.4 Å². The Morgan fingerprint density at radius 1 is 0.917 bits per heavy atom. The van der Waals surface area contributed by atoms with E-state index in [2.05, 4.69) is 13.4 Å². The van der Waals surface area contributed by atoms with Gasteiger partial charge in [-0.15, -0.1) is 0 Å². The van der Waals surface area contributed by atoms with Gasteiger partial charge in [0.05, 0.1) is 13.2 Å². The fourth-order valence-electron chi connectivity index (χ4n) is 3.35. The number of nitrogens with zero attached hydrogens (tertiary/aromatic N) is 1. The van der Waals surface area contributed by atoms with Crippen LogP contribution < -0.4 is 11.2 Å². The Balaban J connectivity index is 1.61. The average molecular weight is 566 g/mol. The van der Waals surface area contributed by atoms with Gasteiger partial charge in [-0.25, -0.2) is 13.9 Å². The van der Waals surface area contributed by atoms with Gasteiger partial charge in [0.1, 0.15) is 42.7 Å². The van der Waals surface area contributed by atoms with E-state index in [1.165, 1.54) is 0 Å². The molecule has 3 rings (SSSR count). The number of ether oxygens (including phenoxy) is 2. The number of H-pyrrole nitrogens is 1. The minimum absolute atomic E-state index is 0.723. The second kappa shape index (κ2) is 11.2. The number of hydrogen-bond acceptors (Lipinski definition) is 15. The minimum Gasteiger partial charge on any atom is -0.394 e. The summed E-state index contributed by atoms with van der Waals surface area (Å²) in [6.07, 6.45) is -15.4. The Labute approximate surface area is 199 Å². The van der Waals surface area contributed by atoms with Crippen LogP contribution in [0.15, 0.2) is 21.9 Å². The molecular weight excluding hydrogens is 542 g/mol. The Morgan fingerprint density at radius 2 is 1.56 bits per heavy atom. The zero-order valence-electron chi connectivity index (χ0n) is 17.9. The molecule has 2 unspecified atom stereocenters. The monoisotopic (exact) mass is 566 g/mol. The quantitative estimate of drug-likeness (QED) is 0.127. The Bertz CT molecular complexity index is 1120. The molecule has 36 heavy (non-hydrogen) atoms. The van der Waals surface area contributed by atoms with Crippen LogP contribution in [0.3, 0.4) is 0 Å². The summed E-state index contributed by atoms with van der Waals surface area (Å²) in [5.41, 5.74) is -1.75. The predicted octanol–water partition coefficient (Wildman–Crippen LogP) is -4.79. The number of aliphatic hydroxyl groups excluding tert-OH is 6. The van der Waals surface area contributed by atoms with Crippen molar-refractivity contribution in [3.8, 4) is 0 Å². The van der Waals surface area contributed by atoms with Gasteiger partial charge in [-0.3, -0.25) is 23.4 Å². The third-order valence-electron chi connectivity index (χ3n) is 5.16. The summed E-state index contributed by atoms with van der Waals surface area (Å²) in [5.74, 6) is 0. The van der Waals surface area contributed by atoms with E-state index < -0.39 is 95.4 Å². The van der Waals surface area contributed by atoms with Crippen LogP contribution in [-0.2, 0) is 32.0 Å². The van der Waals surface area contributed by atoms with Gasteiger partial charge in [0.25, 0.3) is 5.56 Å². The topological polar surface area (TPSA) is 297 Å². The van der Waals surface area contributed by atoms with Crippen molar-refractivity contribution in [2.24, 2.45) is 0 Å². The molecule has 0 spiro atoms. The van der Waals surface area contributed by atoms with Crippen molar-refractivity contribution in [2.75, 3.05) is 13.2 Å². The van der Waals surface area contributed by atoms with Gasteiger partial charge in [0.15, 0.2) is 12.5 Å². The molecule has 19 nitrogen and oxygen atoms in total. The van der Waals surface area contributed by atoms with Gasteiger partial charge < -0.3 is 49.9 Å². The Hall–Kier alpha value is -1.38. The molecule has 2 aliphatic heterocycles. The highest BCUT2D eigenvalue weighted by atomic mass is 31.3. The Kier molecular flexibility index (Phi) is 9.05. The van der Waals surface area contributed by atoms with Gasteiger partial charge in [0.2, 0.25) is 0 Å². The smallest absolute Gasteiger partial charge is 0.394 e. The van der Waals surface area contributed by atoms with Crippen LogP contribution in [0.1, 0.15) is 6.23 Å². The van der Waals surface area contributed by atoms with E-state index in [4.69, 9.17) is 14.6 Å². The number of nitrogens with one attached hydrogen (secondary N) is 1. The highest BCUT2D eigenvalue weighted by Gasteiger charge is 2.49. The largest absolute Gasteiger partial charge is 0.483 e. The number of phosphoric ester groups is 2. The van der Waals surface area contributed by atoms with E-state index in [0.29, 0.717) is 0 Å². The van der Waals surface area contributed by atoms with Crippen LogP contribution >= 0.6 is 15.6 Å². The molecule has 206 valence electrons. The molecule has 0 amide bonds. The third kappa shape index (κ3) is 6.54. The molecule has 0 aliphatic carbocycles. The summed E-state index contributed by atoms with van der Waals surface area (Å²) in [6, 6.07) is 0.928. The summed E-state index contributed by atoms with van der Waals surface area (Å²) < 4.78 is 48.1. The van der Waals surface area contributed by atoms with E-state index in [9.17, 15) is 54.0 Å². The number of hydrogen-bond donors (Lipinski definition) is 9. The molecule has 0 aromatic carbocycles. The molecule has 2 aliphatic rings. The first-order valence-corrected chi connectivity index (χ1v) is 13.0. The highest BCUT2D eigenvalue weighted by Crippen LogP contribution is 2.61. The van der Waals surface area contributed by atoms with Gasteiger partial charge in [0, 0.05) is 12.3 Å². The van der Waals surface area contributed by atoms with E-state index in [0.717, 1.165) is 16.8 Å². The standard InChI is InChI=1S/C15H24N2O17P2/c18-3-5-8(20)10(22)12(24)14(32-5)33-36(28,29)34-35(26,27)30-4-6-9(21)11(23)13(31-6)17-2-1-7(19)16-15(17)25/h1-2,5-6,8-14,18,20-24H,3-4H2,(H,26,27)(H,28,29)(H,16,19,25)/t5-,6-,8+,9+,10+,11+,12+,13-,14+/m0/s1. The van der Waals surface area contributed by atoms with Crippen molar-refractivity contribution in [1.82, 2.24) is 9.55 Å². The normalized spacial score (nSPS) is 38.4. The molecule has 2 saturated heterocycles. The zero-order valence-corrected chi connectivity index (χ0v) is 19.6. The fourth-order valence-corrected chi connectivity index (χ4v) is 5.51. The van der Waals surface area contributed by atoms with E-state index >= 15 is 0 Å². The number of aliphatic hydroxyl groups is 6. The molecular formula is C15H24N2O17P2. The molecule has 0 bridgehead atoms. The summed E-state index contributed by atoms with van der Waals surface area (Å²) >= 11 is 0. The van der Waals surface area contributed by atoms with E-state index in [-0.39, 0.29) is 0 Å². The first kappa shape index (κ1) is 29.2. The molecule has 11 atom stereocenters. The SMILES string of the molecule is O=c1ccn([C@H]2O[C@@H](COP(=O)(O)OP(=O)(O)O[C@H]3O[C@@H](CO)[C@@H](O)[C@@H](O)[C@H]3O)[C@@H](O)[C@H]2O)c(=O)[nH]1. The van der Waals surface area contributed by atoms with Crippen LogP contribution in [0.2, 0.25) is 0 Å². The van der Waals surface area contributed by atoms with Crippen molar-refractivity contribution in [3.05, 3.63) is 33.1 Å². The van der Waals surface area contributed by atoms with Crippen LogP contribution in [0, 0.1) is 0 Å². The third-order valence-corrected chi connectivity index (χ3v) is 7.76. The maximum absolute atomic E-state index is 12.2. The van der Waals surface area contributed by atoms with Crippen molar-refractivity contribution >= 4 is 15.6 Å². The zero-order chi connectivity index (χ0) is 27.0. The highest BCUT2D eigenvalue weighted by molar-refractivity contribution is 7.61. The lowest BCUT2D eigenvalue weighted by atomic mass is 10.00. The van der Waals surface area contributed by atoms with Gasteiger partial charge in [-0.2, -0.15) is 4.31 Å². The molecule has 9 N–H and O–H groups in total. The van der Waals surface area contributed by atoms with Crippen LogP contribution in [-0.4, -0.2) is 112 Å². The van der Waals surface area contributed by atoms with Gasteiger partial charge >= 0.3 is 21.3 Å². The number of aromatic amines is 1. The lowest BCUT2D eigenvalue weighted by Gasteiger charge is -2.39. The van der Waals surface area contributed by atoms with Gasteiger partial charge in [-0.1, -0.05) is 0 Å². The summed E-state index contributed by atoms with van der Waals surface area (Å²) in [5, 5.41) is 58.6. The van der Waals surface area contributed by atoms with Crippen molar-refractivity contribution in [1.29, 1.82) is 0 Å². The maximum Gasteiger partial charge on any atom is 0.483 e. The first-order valence-electron chi connectivity index (χ1n) is 9.99. The molecule has 21 heteroatoms. The van der Waals surface area contributed by atoms with Crippen molar-refractivity contribution in [3.63, 3.8) is 0 Å². The molecule has 1 aromatic heterocycles. The molecule has 2 fully saturated rings. The fraction of sp³-hybridized carbons (Fsp3) is 0.733. The predicted molar refractivity (Wildman–Crippen MR) is 109 cm³/mol. The summed E-state index contributed by atoms with van der Waals surface area (Å²) in [7, 11) is -11.1. The maximum atomic E-state index is 12.2. The van der Waals surface area contributed by atoms with E-state index in [1.54, 1.807) is 0 Å². The Morgan fingerprint density at radius 3 is 2.17 bits per heavy atom. The van der Waals surface area contributed by atoms with Crippen LogP contribution in [0.5, 0.6) is 0 Å². The lowest BCUT2D eigenvalue weighted by Crippen LogP contribution is -2.58. The van der Waals surface area contributed by atoms with Gasteiger partial charge in [-0.05, 0) is 0 Å². The molecule has 0 saturated carbocycles. The minimum atomic E-state index is -5.59. The van der Waals surface area contributed by atoms with Crippen LogP contribution in [0.25, 0.3) is 0 Å². The van der Waals surface area contributed by atoms with E-state index in [1.807, 2.05) is 4.98 Å². The van der Waals surface area contributed by atoms with Crippen LogP contribution in [0.4, 0.5) is 0 Å². The summed E-state index contributed by atoms with van der Waals surface area (Å²) in [6.45, 7) is -1.93. The number of rotatable bonds is 9. The molecule has 1 aromatic rings. The number of aromatic nitrogens is 2. The molecule has 0 radical (unpaired) electrons. The lowest BCUT2D eigenvalue weighted by molar-refractivity contribution is -0.280.